The fraction of sp³-hybridized carbons (Fsp3) is 0.200. The number of amides is 1. The smallest absolute Gasteiger partial charge is 0.324 e. The molecule has 4 rings (SSSR count). The maximum absolute atomic E-state index is 13.5. The minimum absolute atomic E-state index is 0.106. The van der Waals surface area contributed by atoms with Gasteiger partial charge in [0, 0.05) is 19.8 Å². The summed E-state index contributed by atoms with van der Waals surface area (Å²) in [6.07, 6.45) is 0. The zero-order valence-corrected chi connectivity index (χ0v) is 20.3. The third kappa shape index (κ3) is 4.22. The van der Waals surface area contributed by atoms with E-state index in [4.69, 9.17) is 0 Å². The lowest BCUT2D eigenvalue weighted by Gasteiger charge is -2.25. The number of hydrogen-bond acceptors (Lipinski definition) is 4. The minimum atomic E-state index is -4.00. The number of aryl methyl sites for hydroxylation is 4. The van der Waals surface area contributed by atoms with Crippen molar-refractivity contribution >= 4 is 38.3 Å². The van der Waals surface area contributed by atoms with E-state index in [1.165, 1.54) is 21.3 Å². The van der Waals surface area contributed by atoms with Gasteiger partial charge in [-0.3, -0.25) is 18.2 Å². The number of nitrogens with one attached hydrogen (secondary N) is 1. The van der Waals surface area contributed by atoms with Crippen molar-refractivity contribution in [3.63, 3.8) is 0 Å². The van der Waals surface area contributed by atoms with Crippen molar-refractivity contribution in [3.8, 4) is 0 Å². The molecule has 8 nitrogen and oxygen atoms in total. The Morgan fingerprint density at radius 3 is 2.24 bits per heavy atom. The van der Waals surface area contributed by atoms with Crippen LogP contribution in [0.4, 0.5) is 11.4 Å². The molecule has 1 heterocycles. The second kappa shape index (κ2) is 8.83. The lowest BCUT2D eigenvalue weighted by molar-refractivity contribution is -0.114. The normalized spacial score (nSPS) is 11.5. The van der Waals surface area contributed by atoms with Gasteiger partial charge in [-0.05, 0) is 55.8 Å². The molecule has 0 spiro atoms. The molecule has 3 aromatic carbocycles. The molecule has 0 radical (unpaired) electrons. The van der Waals surface area contributed by atoms with Gasteiger partial charge in [0.25, 0.3) is 10.0 Å². The molecule has 0 saturated carbocycles. The van der Waals surface area contributed by atoms with Crippen molar-refractivity contribution in [2.75, 3.05) is 16.2 Å². The summed E-state index contributed by atoms with van der Waals surface area (Å²) in [4.78, 5) is 25.3. The monoisotopic (exact) mass is 478 g/mol. The number of fused-ring (bicyclic) bond motifs is 1. The SMILES string of the molecule is Cc1ccc(S(=O)(=O)N(CC(=O)Nc2ccc3c(c2)n(C)c(=O)n3C)c2ccccc2C)cc1. The van der Waals surface area contributed by atoms with Crippen LogP contribution in [0.25, 0.3) is 11.0 Å². The zero-order valence-electron chi connectivity index (χ0n) is 19.4. The molecule has 1 amide bonds. The number of anilines is 2. The van der Waals surface area contributed by atoms with Gasteiger partial charge in [-0.2, -0.15) is 0 Å². The number of carbonyl (C=O) groups excluding carboxylic acids is 1. The average Bonchev–Trinajstić information content (AvgIpc) is 3.02. The second-order valence-corrected chi connectivity index (χ2v) is 10.1. The molecular formula is C25H26N4O4S. The molecule has 1 aromatic heterocycles. The molecule has 4 aromatic rings. The first-order valence-corrected chi connectivity index (χ1v) is 12.1. The topological polar surface area (TPSA) is 93.4 Å². The Bertz CT molecular complexity index is 1550. The largest absolute Gasteiger partial charge is 0.328 e. The van der Waals surface area contributed by atoms with Gasteiger partial charge < -0.3 is 5.32 Å². The van der Waals surface area contributed by atoms with Gasteiger partial charge in [-0.1, -0.05) is 35.9 Å². The molecule has 0 bridgehead atoms. The molecule has 0 aliphatic carbocycles. The van der Waals surface area contributed by atoms with Crippen LogP contribution in [0.3, 0.4) is 0 Å². The zero-order chi connectivity index (χ0) is 24.6. The summed E-state index contributed by atoms with van der Waals surface area (Å²) in [5.41, 5.74) is 3.78. The summed E-state index contributed by atoms with van der Waals surface area (Å²) < 4.78 is 31.2. The van der Waals surface area contributed by atoms with Crippen molar-refractivity contribution in [2.45, 2.75) is 18.7 Å². The third-order valence-corrected chi connectivity index (χ3v) is 7.61. The minimum Gasteiger partial charge on any atom is -0.324 e. The number of rotatable bonds is 6. The summed E-state index contributed by atoms with van der Waals surface area (Å²) in [6.45, 7) is 3.27. The standard InChI is InChI=1S/C25H26N4O4S/c1-17-9-12-20(13-10-17)34(32,33)29(21-8-6-5-7-18(21)2)16-24(30)26-19-11-14-22-23(15-19)28(4)25(31)27(22)3/h5-15H,16H2,1-4H3,(H,26,30). The molecule has 0 saturated heterocycles. The molecule has 0 fully saturated rings. The molecule has 9 heteroatoms. The van der Waals surface area contributed by atoms with Crippen molar-refractivity contribution < 1.29 is 13.2 Å². The van der Waals surface area contributed by atoms with Gasteiger partial charge in [0.15, 0.2) is 0 Å². The molecule has 0 aliphatic heterocycles. The van der Waals surface area contributed by atoms with Crippen LogP contribution < -0.4 is 15.3 Å². The molecule has 0 atom stereocenters. The van der Waals surface area contributed by atoms with Gasteiger partial charge >= 0.3 is 5.69 Å². The van der Waals surface area contributed by atoms with Crippen LogP contribution in [-0.2, 0) is 28.9 Å². The van der Waals surface area contributed by atoms with Crippen molar-refractivity contribution in [3.05, 3.63) is 88.3 Å². The number of nitrogens with zero attached hydrogens (tertiary/aromatic N) is 3. The second-order valence-electron chi connectivity index (χ2n) is 8.26. The van der Waals surface area contributed by atoms with E-state index in [-0.39, 0.29) is 10.6 Å². The first-order valence-electron chi connectivity index (χ1n) is 10.7. The van der Waals surface area contributed by atoms with Crippen LogP contribution in [0.2, 0.25) is 0 Å². The van der Waals surface area contributed by atoms with Crippen LogP contribution >= 0.6 is 0 Å². The summed E-state index contributed by atoms with van der Waals surface area (Å²) >= 11 is 0. The predicted octanol–water partition coefficient (Wildman–Crippen LogP) is 3.33. The number of benzene rings is 3. The van der Waals surface area contributed by atoms with E-state index in [0.29, 0.717) is 16.9 Å². The number of imidazole rings is 1. The molecular weight excluding hydrogens is 452 g/mol. The van der Waals surface area contributed by atoms with Crippen LogP contribution in [-0.4, -0.2) is 30.0 Å². The Kier molecular flexibility index (Phi) is 6.05. The van der Waals surface area contributed by atoms with E-state index in [1.807, 2.05) is 13.0 Å². The van der Waals surface area contributed by atoms with Crippen molar-refractivity contribution in [1.82, 2.24) is 9.13 Å². The van der Waals surface area contributed by atoms with E-state index in [0.717, 1.165) is 20.9 Å². The van der Waals surface area contributed by atoms with Crippen molar-refractivity contribution in [1.29, 1.82) is 0 Å². The predicted molar refractivity (Wildman–Crippen MR) is 134 cm³/mol. The maximum Gasteiger partial charge on any atom is 0.328 e. The Labute approximate surface area is 198 Å². The van der Waals surface area contributed by atoms with Gasteiger partial charge in [-0.15, -0.1) is 0 Å². The van der Waals surface area contributed by atoms with Crippen LogP contribution in [0.15, 0.2) is 76.4 Å². The summed E-state index contributed by atoms with van der Waals surface area (Å²) in [5, 5.41) is 2.77. The molecule has 1 N–H and O–H groups in total. The van der Waals surface area contributed by atoms with Crippen molar-refractivity contribution in [2.24, 2.45) is 14.1 Å². The molecule has 0 unspecified atom stereocenters. The summed E-state index contributed by atoms with van der Waals surface area (Å²) in [6, 6.07) is 18.7. The highest BCUT2D eigenvalue weighted by Gasteiger charge is 2.28. The number of carbonyl (C=O) groups is 1. The number of aromatic nitrogens is 2. The number of sulfonamides is 1. The fourth-order valence-corrected chi connectivity index (χ4v) is 5.38. The average molecular weight is 479 g/mol. The molecule has 0 aliphatic rings. The highest BCUT2D eigenvalue weighted by Crippen LogP contribution is 2.27. The maximum atomic E-state index is 13.5. The first kappa shape index (κ1) is 23.3. The van der Waals surface area contributed by atoms with Gasteiger partial charge in [0.2, 0.25) is 5.91 Å². The van der Waals surface area contributed by atoms with Gasteiger partial charge in [0.05, 0.1) is 21.6 Å². The van der Waals surface area contributed by atoms with E-state index >= 15 is 0 Å². The van der Waals surface area contributed by atoms with E-state index in [1.54, 1.807) is 69.6 Å². The Morgan fingerprint density at radius 2 is 1.56 bits per heavy atom. The number of hydrogen-bond donors (Lipinski definition) is 1. The number of para-hydroxylation sites is 1. The Hall–Kier alpha value is -3.85. The van der Waals surface area contributed by atoms with E-state index in [9.17, 15) is 18.0 Å². The highest BCUT2D eigenvalue weighted by atomic mass is 32.2. The quantitative estimate of drug-likeness (QED) is 0.460. The highest BCUT2D eigenvalue weighted by molar-refractivity contribution is 7.92. The lowest BCUT2D eigenvalue weighted by Crippen LogP contribution is -2.38. The summed E-state index contributed by atoms with van der Waals surface area (Å²) in [5.74, 6) is -0.501. The van der Waals surface area contributed by atoms with Crippen LogP contribution in [0.5, 0.6) is 0 Å². The third-order valence-electron chi connectivity index (χ3n) is 5.84. The lowest BCUT2D eigenvalue weighted by atomic mass is 10.2. The molecule has 176 valence electrons. The van der Waals surface area contributed by atoms with Gasteiger partial charge in [0.1, 0.15) is 6.54 Å². The summed E-state index contributed by atoms with van der Waals surface area (Å²) in [7, 11) is -0.664. The van der Waals surface area contributed by atoms with Crippen LogP contribution in [0, 0.1) is 13.8 Å². The molecule has 34 heavy (non-hydrogen) atoms. The van der Waals surface area contributed by atoms with Gasteiger partial charge in [-0.25, -0.2) is 13.2 Å². The Balaban J connectivity index is 1.68. The van der Waals surface area contributed by atoms with E-state index < -0.39 is 22.5 Å². The fourth-order valence-electron chi connectivity index (χ4n) is 3.90. The Morgan fingerprint density at radius 1 is 0.912 bits per heavy atom. The first-order chi connectivity index (χ1) is 16.1. The van der Waals surface area contributed by atoms with Crippen LogP contribution in [0.1, 0.15) is 11.1 Å². The van der Waals surface area contributed by atoms with E-state index in [2.05, 4.69) is 5.32 Å².